The van der Waals surface area contributed by atoms with E-state index in [4.69, 9.17) is 4.74 Å². The molecule has 2 heteroatoms. The van der Waals surface area contributed by atoms with Gasteiger partial charge in [-0.3, -0.25) is 4.79 Å². The first-order valence-corrected chi connectivity index (χ1v) is 7.63. The van der Waals surface area contributed by atoms with Gasteiger partial charge in [0.25, 0.3) is 0 Å². The number of carbonyl (C=O) groups excluding carboxylic acids is 1. The molecular weight excluding hydrogens is 236 g/mol. The molecule has 1 aromatic rings. The molecule has 0 radical (unpaired) electrons. The SMILES string of the molecule is O=C(c1ccc2c(c1)CCO2)C1C2C3CCC(C3)C12. The van der Waals surface area contributed by atoms with Crippen molar-refractivity contribution in [2.45, 2.75) is 25.7 Å². The number of rotatable bonds is 2. The fourth-order valence-corrected chi connectivity index (χ4v) is 5.21. The highest BCUT2D eigenvalue weighted by Crippen LogP contribution is 2.69. The summed E-state index contributed by atoms with van der Waals surface area (Å²) in [4.78, 5) is 12.7. The zero-order chi connectivity index (χ0) is 12.6. The Labute approximate surface area is 113 Å². The van der Waals surface area contributed by atoms with Crippen molar-refractivity contribution in [1.29, 1.82) is 0 Å². The quantitative estimate of drug-likeness (QED) is 0.758. The Morgan fingerprint density at radius 2 is 1.95 bits per heavy atom. The summed E-state index contributed by atoms with van der Waals surface area (Å²) in [7, 11) is 0. The van der Waals surface area contributed by atoms with Crippen LogP contribution in [0.15, 0.2) is 18.2 Å². The van der Waals surface area contributed by atoms with Crippen molar-refractivity contribution in [3.8, 4) is 5.75 Å². The fourth-order valence-electron chi connectivity index (χ4n) is 5.21. The third-order valence-electron chi connectivity index (χ3n) is 6.01. The lowest BCUT2D eigenvalue weighted by Crippen LogP contribution is -2.10. The van der Waals surface area contributed by atoms with E-state index in [1.165, 1.54) is 24.8 Å². The summed E-state index contributed by atoms with van der Waals surface area (Å²) in [6, 6.07) is 6.05. The number of hydrogen-bond acceptors (Lipinski definition) is 2. The van der Waals surface area contributed by atoms with Crippen molar-refractivity contribution in [3.63, 3.8) is 0 Å². The van der Waals surface area contributed by atoms with Crippen LogP contribution in [0.5, 0.6) is 5.75 Å². The van der Waals surface area contributed by atoms with Crippen LogP contribution in [0.25, 0.3) is 0 Å². The number of Topliss-reactive ketones (excluding diaryl/α,β-unsaturated/α-hetero) is 1. The van der Waals surface area contributed by atoms with Gasteiger partial charge in [-0.15, -0.1) is 0 Å². The van der Waals surface area contributed by atoms with E-state index >= 15 is 0 Å². The normalized spacial score (nSPS) is 40.7. The van der Waals surface area contributed by atoms with E-state index in [1.807, 2.05) is 12.1 Å². The minimum atomic E-state index is 0.367. The number of carbonyl (C=O) groups is 1. The Morgan fingerprint density at radius 3 is 2.74 bits per heavy atom. The predicted molar refractivity (Wildman–Crippen MR) is 71.3 cm³/mol. The Kier molecular flexibility index (Phi) is 1.88. The molecule has 3 aliphatic carbocycles. The monoisotopic (exact) mass is 254 g/mol. The second kappa shape index (κ2) is 3.41. The number of ketones is 1. The van der Waals surface area contributed by atoms with Crippen LogP contribution < -0.4 is 4.74 Å². The van der Waals surface area contributed by atoms with E-state index in [2.05, 4.69) is 6.07 Å². The van der Waals surface area contributed by atoms with Gasteiger partial charge in [0.2, 0.25) is 0 Å². The molecule has 98 valence electrons. The number of hydrogen-bond donors (Lipinski definition) is 0. The van der Waals surface area contributed by atoms with Gasteiger partial charge < -0.3 is 4.74 Å². The highest BCUT2D eigenvalue weighted by Gasteiger charge is 2.67. The minimum absolute atomic E-state index is 0.367. The fraction of sp³-hybridized carbons (Fsp3) is 0.588. The minimum Gasteiger partial charge on any atom is -0.493 e. The molecule has 1 heterocycles. The topological polar surface area (TPSA) is 26.3 Å². The molecule has 2 nitrogen and oxygen atoms in total. The summed E-state index contributed by atoms with van der Waals surface area (Å²) in [5.74, 6) is 5.01. The molecule has 4 aliphatic rings. The third kappa shape index (κ3) is 1.30. The second-order valence-corrected chi connectivity index (χ2v) is 6.80. The van der Waals surface area contributed by atoms with Crippen molar-refractivity contribution >= 4 is 5.78 Å². The van der Waals surface area contributed by atoms with E-state index in [-0.39, 0.29) is 0 Å². The zero-order valence-corrected chi connectivity index (χ0v) is 11.0. The molecule has 19 heavy (non-hydrogen) atoms. The summed E-state index contributed by atoms with van der Waals surface area (Å²) in [5, 5.41) is 0. The van der Waals surface area contributed by atoms with Gasteiger partial charge >= 0.3 is 0 Å². The first-order chi connectivity index (χ1) is 9.33. The van der Waals surface area contributed by atoms with E-state index in [0.717, 1.165) is 48.0 Å². The van der Waals surface area contributed by atoms with Crippen LogP contribution in [0.4, 0.5) is 0 Å². The van der Waals surface area contributed by atoms with Crippen LogP contribution in [0.1, 0.15) is 35.2 Å². The summed E-state index contributed by atoms with van der Waals surface area (Å²) >= 11 is 0. The Balaban J connectivity index is 1.44. The number of fused-ring (bicyclic) bond motifs is 6. The third-order valence-corrected chi connectivity index (χ3v) is 6.01. The van der Waals surface area contributed by atoms with Gasteiger partial charge in [-0.1, -0.05) is 0 Å². The van der Waals surface area contributed by atoms with Crippen LogP contribution >= 0.6 is 0 Å². The Hall–Kier alpha value is -1.31. The van der Waals surface area contributed by atoms with Crippen molar-refractivity contribution < 1.29 is 9.53 Å². The zero-order valence-electron chi connectivity index (χ0n) is 11.0. The van der Waals surface area contributed by atoms with Gasteiger partial charge in [0, 0.05) is 17.9 Å². The average molecular weight is 254 g/mol. The summed E-state index contributed by atoms with van der Waals surface area (Å²) in [6.45, 7) is 0.770. The summed E-state index contributed by atoms with van der Waals surface area (Å²) in [5.41, 5.74) is 2.16. The van der Waals surface area contributed by atoms with E-state index in [1.54, 1.807) is 0 Å². The second-order valence-electron chi connectivity index (χ2n) is 6.80. The van der Waals surface area contributed by atoms with Crippen molar-refractivity contribution in [2.24, 2.45) is 29.6 Å². The predicted octanol–water partition coefficient (Wildman–Crippen LogP) is 3.10. The van der Waals surface area contributed by atoms with Crippen LogP contribution in [-0.4, -0.2) is 12.4 Å². The molecule has 4 unspecified atom stereocenters. The highest BCUT2D eigenvalue weighted by atomic mass is 16.5. The van der Waals surface area contributed by atoms with Crippen molar-refractivity contribution in [2.75, 3.05) is 6.61 Å². The van der Waals surface area contributed by atoms with E-state index in [9.17, 15) is 4.79 Å². The number of ether oxygens (including phenoxy) is 1. The molecule has 4 atom stereocenters. The molecule has 3 saturated carbocycles. The molecule has 2 bridgehead atoms. The lowest BCUT2D eigenvalue weighted by molar-refractivity contribution is 0.0944. The van der Waals surface area contributed by atoms with E-state index in [0.29, 0.717) is 11.7 Å². The van der Waals surface area contributed by atoms with Gasteiger partial charge in [0.05, 0.1) is 6.61 Å². The molecule has 0 spiro atoms. The van der Waals surface area contributed by atoms with Crippen LogP contribution in [-0.2, 0) is 6.42 Å². The van der Waals surface area contributed by atoms with Gasteiger partial charge in [-0.05, 0) is 66.7 Å². The molecule has 0 saturated heterocycles. The van der Waals surface area contributed by atoms with Crippen molar-refractivity contribution in [1.82, 2.24) is 0 Å². The Bertz CT molecular complexity index is 561. The lowest BCUT2D eigenvalue weighted by atomic mass is 9.95. The first kappa shape index (κ1) is 10.5. The van der Waals surface area contributed by atoms with Crippen LogP contribution in [0.3, 0.4) is 0 Å². The van der Waals surface area contributed by atoms with Crippen LogP contribution in [0.2, 0.25) is 0 Å². The molecule has 5 rings (SSSR count). The largest absolute Gasteiger partial charge is 0.493 e. The molecule has 1 aliphatic heterocycles. The standard InChI is InChI=1S/C17H18O2/c18-17(12-3-4-13-9(7-12)5-6-19-13)16-14-10-1-2-11(8-10)15(14)16/h3-4,7,10-11,14-16H,1-2,5-6,8H2. The van der Waals surface area contributed by atoms with Gasteiger partial charge in [-0.2, -0.15) is 0 Å². The van der Waals surface area contributed by atoms with E-state index < -0.39 is 0 Å². The maximum Gasteiger partial charge on any atom is 0.166 e. The van der Waals surface area contributed by atoms with Crippen LogP contribution in [0, 0.1) is 29.6 Å². The summed E-state index contributed by atoms with van der Waals surface area (Å²) < 4.78 is 5.52. The van der Waals surface area contributed by atoms with Gasteiger partial charge in [0.1, 0.15) is 5.75 Å². The molecule has 1 aromatic carbocycles. The maximum atomic E-state index is 12.7. The lowest BCUT2D eigenvalue weighted by Gasteiger charge is -2.08. The smallest absolute Gasteiger partial charge is 0.166 e. The first-order valence-electron chi connectivity index (χ1n) is 7.63. The molecular formula is C17H18O2. The molecule has 0 amide bonds. The van der Waals surface area contributed by atoms with Gasteiger partial charge in [0.15, 0.2) is 5.78 Å². The average Bonchev–Trinajstić information content (AvgIpc) is 2.84. The maximum absolute atomic E-state index is 12.7. The number of benzene rings is 1. The molecule has 0 N–H and O–H groups in total. The molecule has 0 aromatic heterocycles. The van der Waals surface area contributed by atoms with Crippen molar-refractivity contribution in [3.05, 3.63) is 29.3 Å². The van der Waals surface area contributed by atoms with Gasteiger partial charge in [-0.25, -0.2) is 0 Å². The molecule has 3 fully saturated rings. The Morgan fingerprint density at radius 1 is 1.16 bits per heavy atom. The summed E-state index contributed by atoms with van der Waals surface area (Å²) in [6.07, 6.45) is 5.14. The highest BCUT2D eigenvalue weighted by molar-refractivity contribution is 6.00.